The zero-order valence-corrected chi connectivity index (χ0v) is 19.9. The van der Waals surface area contributed by atoms with Gasteiger partial charge < -0.3 is 29.7 Å². The highest BCUT2D eigenvalue weighted by molar-refractivity contribution is 8.00. The number of aliphatic carboxylic acids is 1. The Morgan fingerprint density at radius 3 is 2.79 bits per heavy atom. The van der Waals surface area contributed by atoms with E-state index in [1.54, 1.807) is 6.92 Å². The van der Waals surface area contributed by atoms with Crippen LogP contribution in [0.3, 0.4) is 0 Å². The summed E-state index contributed by atoms with van der Waals surface area (Å²) in [7, 11) is 2.21. The van der Waals surface area contributed by atoms with Crippen LogP contribution >= 0.6 is 11.8 Å². The van der Waals surface area contributed by atoms with E-state index in [-0.39, 0.29) is 16.8 Å². The monoisotopic (exact) mass is 473 g/mol. The van der Waals surface area contributed by atoms with Crippen LogP contribution in [0.2, 0.25) is 0 Å². The number of aliphatic hydroxyl groups excluding tert-OH is 2. The molecule has 6 rings (SSSR count). The van der Waals surface area contributed by atoms with E-state index in [0.717, 1.165) is 30.7 Å². The van der Waals surface area contributed by atoms with Crippen LogP contribution in [0, 0.1) is 18.8 Å². The van der Waals surface area contributed by atoms with Crippen molar-refractivity contribution in [2.75, 3.05) is 13.6 Å². The fourth-order valence-corrected chi connectivity index (χ4v) is 8.47. The maximum atomic E-state index is 11.7. The van der Waals surface area contributed by atoms with Gasteiger partial charge in [0, 0.05) is 28.9 Å². The average molecular weight is 474 g/mol. The summed E-state index contributed by atoms with van der Waals surface area (Å²) in [4.78, 5) is 14.2. The van der Waals surface area contributed by atoms with Crippen LogP contribution in [-0.2, 0) is 21.4 Å². The first-order valence-corrected chi connectivity index (χ1v) is 12.8. The van der Waals surface area contributed by atoms with Crippen LogP contribution in [0.5, 0.6) is 5.75 Å². The fourth-order valence-electron chi connectivity index (χ4n) is 7.03. The van der Waals surface area contributed by atoms with E-state index in [9.17, 15) is 20.1 Å². The lowest BCUT2D eigenvalue weighted by Gasteiger charge is -2.57. The minimum Gasteiger partial charge on any atom is -0.487 e. The van der Waals surface area contributed by atoms with Crippen LogP contribution in [0.4, 0.5) is 0 Å². The first kappa shape index (κ1) is 21.9. The second-order valence-corrected chi connectivity index (χ2v) is 11.7. The van der Waals surface area contributed by atoms with Crippen molar-refractivity contribution >= 4 is 17.7 Å². The van der Waals surface area contributed by atoms with Crippen molar-refractivity contribution < 1.29 is 29.6 Å². The van der Waals surface area contributed by atoms with Gasteiger partial charge >= 0.3 is 5.97 Å². The summed E-state index contributed by atoms with van der Waals surface area (Å²) in [5.74, 6) is -0.457. The van der Waals surface area contributed by atoms with Crippen molar-refractivity contribution in [2.24, 2.45) is 11.8 Å². The standard InChI is InChI=1S/C25H31NO6S/c1-11-4-5-13-10-15-14-6-7-16(22-25(14,8-9-26(15)3)17(13)20(11)31-22)33-24-19(28)18(27)12(2)21(32-24)23(29)30/h4-7,12,14-16,18-19,21-22,24,27-28H,8-10H2,1-3H3,(H,29,30)/t12-,14?,15+,16+,18-,19+,21-,22?,24?,25-/m0/s1. The summed E-state index contributed by atoms with van der Waals surface area (Å²) in [6.45, 7) is 4.69. The molecule has 3 heterocycles. The minimum atomic E-state index is -1.16. The molecule has 1 aromatic rings. The van der Waals surface area contributed by atoms with Crippen LogP contribution in [0.25, 0.3) is 0 Å². The molecule has 3 unspecified atom stereocenters. The lowest BCUT2D eigenvalue weighted by atomic mass is 9.53. The number of thioether (sulfide) groups is 1. The third kappa shape index (κ3) is 2.88. The zero-order chi connectivity index (χ0) is 23.2. The number of carboxylic acids is 1. The zero-order valence-electron chi connectivity index (χ0n) is 19.0. The molecule has 5 aliphatic rings. The largest absolute Gasteiger partial charge is 0.487 e. The first-order valence-electron chi connectivity index (χ1n) is 11.8. The SMILES string of the molecule is Cc1ccc2c3c1OC1[C@H](SC4O[C@H](C(=O)O)[C@@H](C)[C@H](O)[C@H]4O)C=CC4[C@@H](C2)N(C)CC[C@@]341. The van der Waals surface area contributed by atoms with Crippen LogP contribution < -0.4 is 4.74 Å². The van der Waals surface area contributed by atoms with Gasteiger partial charge in [-0.2, -0.15) is 0 Å². The first-order chi connectivity index (χ1) is 15.7. The van der Waals surface area contributed by atoms with Gasteiger partial charge in [0.2, 0.25) is 0 Å². The average Bonchev–Trinajstić information content (AvgIpc) is 3.14. The highest BCUT2D eigenvalue weighted by atomic mass is 32.2. The Morgan fingerprint density at radius 1 is 1.24 bits per heavy atom. The topological polar surface area (TPSA) is 99.5 Å². The molecule has 33 heavy (non-hydrogen) atoms. The molecule has 1 aromatic carbocycles. The Bertz CT molecular complexity index is 1030. The normalized spacial score (nSPS) is 45.4. The molecule has 178 valence electrons. The summed E-state index contributed by atoms with van der Waals surface area (Å²) in [5.41, 5.74) is 2.89. The molecule has 1 spiro atoms. The summed E-state index contributed by atoms with van der Waals surface area (Å²) in [5, 5.41) is 30.7. The Balaban J connectivity index is 1.38. The molecule has 2 bridgehead atoms. The van der Waals surface area contributed by atoms with Gasteiger partial charge in [0.1, 0.15) is 23.4 Å². The van der Waals surface area contributed by atoms with Crippen LogP contribution in [0.15, 0.2) is 24.3 Å². The van der Waals surface area contributed by atoms with E-state index >= 15 is 0 Å². The number of nitrogens with zero attached hydrogens (tertiary/aromatic N) is 1. The molecular formula is C25H31NO6S. The molecule has 3 aliphatic heterocycles. The fraction of sp³-hybridized carbons (Fsp3) is 0.640. The van der Waals surface area contributed by atoms with E-state index < -0.39 is 35.6 Å². The van der Waals surface area contributed by atoms with Crippen molar-refractivity contribution in [2.45, 2.75) is 73.2 Å². The third-order valence-electron chi connectivity index (χ3n) is 8.81. The molecule has 2 fully saturated rings. The van der Waals surface area contributed by atoms with Gasteiger partial charge in [-0.3, -0.25) is 0 Å². The van der Waals surface area contributed by atoms with Gasteiger partial charge in [0.25, 0.3) is 0 Å². The number of benzene rings is 1. The molecular weight excluding hydrogens is 442 g/mol. The number of hydrogen-bond acceptors (Lipinski definition) is 7. The molecule has 7 nitrogen and oxygen atoms in total. The van der Waals surface area contributed by atoms with Gasteiger partial charge in [-0.25, -0.2) is 4.79 Å². The predicted molar refractivity (Wildman–Crippen MR) is 123 cm³/mol. The molecule has 0 radical (unpaired) electrons. The molecule has 0 aromatic heterocycles. The molecule has 8 heteroatoms. The molecule has 3 N–H and O–H groups in total. The molecule has 0 amide bonds. The number of carbonyl (C=O) groups is 1. The summed E-state index contributed by atoms with van der Waals surface area (Å²) >= 11 is 1.38. The summed E-state index contributed by atoms with van der Waals surface area (Å²) < 4.78 is 12.6. The molecule has 10 atom stereocenters. The lowest BCUT2D eigenvalue weighted by molar-refractivity contribution is -0.190. The summed E-state index contributed by atoms with van der Waals surface area (Å²) in [6, 6.07) is 4.83. The quantitative estimate of drug-likeness (QED) is 0.571. The van der Waals surface area contributed by atoms with E-state index in [1.165, 1.54) is 22.9 Å². The number of carboxylic acid groups (broad SMARTS) is 1. The van der Waals surface area contributed by atoms with E-state index in [2.05, 4.69) is 43.2 Å². The maximum absolute atomic E-state index is 11.7. The Morgan fingerprint density at radius 2 is 2.03 bits per heavy atom. The molecule has 2 aliphatic carbocycles. The maximum Gasteiger partial charge on any atom is 0.333 e. The van der Waals surface area contributed by atoms with Crippen LogP contribution in [0.1, 0.15) is 30.0 Å². The Kier molecular flexibility index (Phi) is 4.95. The van der Waals surface area contributed by atoms with Crippen molar-refractivity contribution in [3.8, 4) is 5.75 Å². The van der Waals surface area contributed by atoms with Gasteiger partial charge in [0.05, 0.1) is 11.4 Å². The van der Waals surface area contributed by atoms with Crippen molar-refractivity contribution in [3.05, 3.63) is 41.0 Å². The number of hydrogen-bond donors (Lipinski definition) is 3. The molecule has 2 saturated heterocycles. The number of aliphatic hydroxyl groups is 2. The number of piperidine rings is 1. The van der Waals surface area contributed by atoms with E-state index in [0.29, 0.717) is 12.0 Å². The number of rotatable bonds is 3. The number of likely N-dealkylation sites (N-methyl/N-ethyl adjacent to an activating group) is 1. The van der Waals surface area contributed by atoms with E-state index in [4.69, 9.17) is 9.47 Å². The Hall–Kier alpha value is -1.58. The molecule has 0 saturated carbocycles. The van der Waals surface area contributed by atoms with Gasteiger partial charge in [-0.1, -0.05) is 31.2 Å². The minimum absolute atomic E-state index is 0.126. The van der Waals surface area contributed by atoms with Gasteiger partial charge in [-0.05, 0) is 44.5 Å². The van der Waals surface area contributed by atoms with Crippen molar-refractivity contribution in [1.29, 1.82) is 0 Å². The highest BCUT2D eigenvalue weighted by Gasteiger charge is 2.64. The Labute approximate surface area is 197 Å². The number of aryl methyl sites for hydroxylation is 1. The summed E-state index contributed by atoms with van der Waals surface area (Å²) in [6.07, 6.45) is 2.88. The second-order valence-electron chi connectivity index (χ2n) is 10.4. The van der Waals surface area contributed by atoms with Crippen molar-refractivity contribution in [3.63, 3.8) is 0 Å². The third-order valence-corrected chi connectivity index (χ3v) is 10.2. The van der Waals surface area contributed by atoms with Crippen molar-refractivity contribution in [1.82, 2.24) is 4.90 Å². The van der Waals surface area contributed by atoms with Gasteiger partial charge in [0.15, 0.2) is 6.10 Å². The van der Waals surface area contributed by atoms with Crippen LogP contribution in [-0.4, -0.2) is 80.9 Å². The predicted octanol–water partition coefficient (Wildman–Crippen LogP) is 1.71. The lowest BCUT2D eigenvalue weighted by Crippen LogP contribution is -2.64. The number of ether oxygens (including phenoxy) is 2. The second kappa shape index (κ2) is 7.46. The number of likely N-dealkylation sites (tertiary alicyclic amines) is 1. The van der Waals surface area contributed by atoms with E-state index in [1.807, 2.05) is 0 Å². The van der Waals surface area contributed by atoms with Gasteiger partial charge in [-0.15, -0.1) is 11.8 Å². The smallest absolute Gasteiger partial charge is 0.333 e. The highest BCUT2D eigenvalue weighted by Crippen LogP contribution is 2.62.